The molecule has 0 aromatic heterocycles. The van der Waals surface area contributed by atoms with Gasteiger partial charge in [0.15, 0.2) is 0 Å². The van der Waals surface area contributed by atoms with Gasteiger partial charge < -0.3 is 0 Å². The van der Waals surface area contributed by atoms with Gasteiger partial charge in [0.25, 0.3) is 0 Å². The molecule has 13 heavy (non-hydrogen) atoms. The van der Waals surface area contributed by atoms with Gasteiger partial charge >= 0.3 is 0 Å². The summed E-state index contributed by atoms with van der Waals surface area (Å²) in [5, 5.41) is 0.598. The Balaban J connectivity index is 2.94. The molecule has 0 fully saturated rings. The molecule has 0 N–H and O–H groups in total. The van der Waals surface area contributed by atoms with Crippen molar-refractivity contribution in [2.75, 3.05) is 0 Å². The summed E-state index contributed by atoms with van der Waals surface area (Å²) in [5.41, 5.74) is 0.783. The van der Waals surface area contributed by atoms with Gasteiger partial charge in [-0.05, 0) is 35.6 Å². The van der Waals surface area contributed by atoms with Gasteiger partial charge in [-0.1, -0.05) is 32.4 Å². The highest BCUT2D eigenvalue weighted by molar-refractivity contribution is 6.30. The van der Waals surface area contributed by atoms with Crippen LogP contribution in [0.2, 0.25) is 5.02 Å². The summed E-state index contributed by atoms with van der Waals surface area (Å²) in [5.74, 6) is -0.167. The standard InChI is InChI=1S/C11H14ClF/c1-11(2,3)7-8-6-9(12)4-5-10(8)13/h4-6H,7H2,1-3H3. The molecule has 0 aliphatic carbocycles. The highest BCUT2D eigenvalue weighted by Crippen LogP contribution is 2.24. The second-order valence-corrected chi connectivity index (χ2v) is 4.91. The Kier molecular flexibility index (Phi) is 2.97. The molecule has 2 heteroatoms. The fourth-order valence-electron chi connectivity index (χ4n) is 1.25. The van der Waals surface area contributed by atoms with Gasteiger partial charge in [0, 0.05) is 5.02 Å². The molecule has 72 valence electrons. The molecule has 0 saturated carbocycles. The molecule has 0 unspecified atom stereocenters. The van der Waals surface area contributed by atoms with E-state index in [1.165, 1.54) is 6.07 Å². The lowest BCUT2D eigenvalue weighted by Crippen LogP contribution is -2.10. The lowest BCUT2D eigenvalue weighted by Gasteiger charge is -2.18. The first-order chi connectivity index (χ1) is 5.88. The Morgan fingerprint density at radius 3 is 2.46 bits per heavy atom. The summed E-state index contributed by atoms with van der Waals surface area (Å²) in [6, 6.07) is 4.69. The molecular weight excluding hydrogens is 187 g/mol. The van der Waals surface area contributed by atoms with E-state index >= 15 is 0 Å². The molecular formula is C11H14ClF. The van der Waals surface area contributed by atoms with Crippen molar-refractivity contribution in [3.05, 3.63) is 34.6 Å². The number of hydrogen-bond donors (Lipinski definition) is 0. The van der Waals surface area contributed by atoms with E-state index in [1.54, 1.807) is 12.1 Å². The smallest absolute Gasteiger partial charge is 0.126 e. The van der Waals surface area contributed by atoms with Crippen LogP contribution in [-0.4, -0.2) is 0 Å². The zero-order valence-electron chi connectivity index (χ0n) is 8.20. The molecule has 0 bridgehead atoms. The van der Waals surface area contributed by atoms with Crippen LogP contribution in [-0.2, 0) is 6.42 Å². The van der Waals surface area contributed by atoms with E-state index in [1.807, 2.05) is 0 Å². The third kappa shape index (κ3) is 3.35. The van der Waals surface area contributed by atoms with Gasteiger partial charge in [0.1, 0.15) is 5.82 Å². The zero-order valence-corrected chi connectivity index (χ0v) is 8.95. The predicted molar refractivity (Wildman–Crippen MR) is 54.6 cm³/mol. The Bertz CT molecular complexity index is 299. The fourth-order valence-corrected chi connectivity index (χ4v) is 1.44. The monoisotopic (exact) mass is 200 g/mol. The van der Waals surface area contributed by atoms with E-state index in [-0.39, 0.29) is 11.2 Å². The van der Waals surface area contributed by atoms with Crippen molar-refractivity contribution in [1.82, 2.24) is 0 Å². The van der Waals surface area contributed by atoms with Gasteiger partial charge in [-0.15, -0.1) is 0 Å². The second kappa shape index (κ2) is 3.67. The molecule has 0 saturated heterocycles. The molecule has 0 aliphatic heterocycles. The largest absolute Gasteiger partial charge is 0.207 e. The van der Waals surface area contributed by atoms with Gasteiger partial charge in [-0.25, -0.2) is 4.39 Å². The molecule has 1 aromatic rings. The van der Waals surface area contributed by atoms with Crippen molar-refractivity contribution in [3.8, 4) is 0 Å². The van der Waals surface area contributed by atoms with Crippen molar-refractivity contribution in [1.29, 1.82) is 0 Å². The van der Waals surface area contributed by atoms with Gasteiger partial charge in [0.2, 0.25) is 0 Å². The summed E-state index contributed by atoms with van der Waals surface area (Å²) in [6.07, 6.45) is 0.708. The normalized spacial score (nSPS) is 11.8. The van der Waals surface area contributed by atoms with Crippen molar-refractivity contribution >= 4 is 11.6 Å². The average Bonchev–Trinajstić information content (AvgIpc) is 1.94. The van der Waals surface area contributed by atoms with Crippen LogP contribution in [0.1, 0.15) is 26.3 Å². The molecule has 0 aliphatic rings. The van der Waals surface area contributed by atoms with E-state index in [2.05, 4.69) is 20.8 Å². The Morgan fingerprint density at radius 2 is 1.92 bits per heavy atom. The van der Waals surface area contributed by atoms with Crippen LogP contribution in [0, 0.1) is 11.2 Å². The minimum atomic E-state index is -0.167. The Labute approximate surface area is 83.7 Å². The van der Waals surface area contributed by atoms with Crippen LogP contribution in [0.25, 0.3) is 0 Å². The molecule has 0 radical (unpaired) electrons. The molecule has 1 aromatic carbocycles. The fraction of sp³-hybridized carbons (Fsp3) is 0.455. The maximum atomic E-state index is 13.2. The third-order valence-corrected chi connectivity index (χ3v) is 1.96. The van der Waals surface area contributed by atoms with Crippen LogP contribution in [0.15, 0.2) is 18.2 Å². The molecule has 0 heterocycles. The second-order valence-electron chi connectivity index (χ2n) is 4.47. The van der Waals surface area contributed by atoms with Crippen molar-refractivity contribution in [2.45, 2.75) is 27.2 Å². The van der Waals surface area contributed by atoms with E-state index in [9.17, 15) is 4.39 Å². The lowest BCUT2D eigenvalue weighted by atomic mass is 9.88. The van der Waals surface area contributed by atoms with E-state index < -0.39 is 0 Å². The molecule has 0 amide bonds. The van der Waals surface area contributed by atoms with Crippen LogP contribution in [0.5, 0.6) is 0 Å². The van der Waals surface area contributed by atoms with E-state index in [0.717, 1.165) is 0 Å². The maximum absolute atomic E-state index is 13.2. The predicted octanol–water partition coefficient (Wildman–Crippen LogP) is 4.07. The van der Waals surface area contributed by atoms with Crippen LogP contribution < -0.4 is 0 Å². The average molecular weight is 201 g/mol. The zero-order chi connectivity index (χ0) is 10.1. The number of hydrogen-bond acceptors (Lipinski definition) is 0. The first kappa shape index (κ1) is 10.5. The van der Waals surface area contributed by atoms with Crippen molar-refractivity contribution < 1.29 is 4.39 Å². The van der Waals surface area contributed by atoms with Crippen LogP contribution in [0.3, 0.4) is 0 Å². The first-order valence-electron chi connectivity index (χ1n) is 4.32. The summed E-state index contributed by atoms with van der Waals surface area (Å²) in [7, 11) is 0. The Morgan fingerprint density at radius 1 is 1.31 bits per heavy atom. The SMILES string of the molecule is CC(C)(C)Cc1cc(Cl)ccc1F. The quantitative estimate of drug-likeness (QED) is 0.641. The van der Waals surface area contributed by atoms with Crippen LogP contribution >= 0.6 is 11.6 Å². The Hall–Kier alpha value is -0.560. The first-order valence-corrected chi connectivity index (χ1v) is 4.70. The highest BCUT2D eigenvalue weighted by atomic mass is 35.5. The summed E-state index contributed by atoms with van der Waals surface area (Å²) >= 11 is 5.78. The number of halogens is 2. The van der Waals surface area contributed by atoms with E-state index in [4.69, 9.17) is 11.6 Å². The molecule has 0 spiro atoms. The maximum Gasteiger partial charge on any atom is 0.126 e. The summed E-state index contributed by atoms with van der Waals surface area (Å²) < 4.78 is 13.2. The lowest BCUT2D eigenvalue weighted by molar-refractivity contribution is 0.402. The third-order valence-electron chi connectivity index (χ3n) is 1.73. The van der Waals surface area contributed by atoms with Gasteiger partial charge in [-0.3, -0.25) is 0 Å². The van der Waals surface area contributed by atoms with Gasteiger partial charge in [-0.2, -0.15) is 0 Å². The molecule has 0 nitrogen and oxygen atoms in total. The highest BCUT2D eigenvalue weighted by Gasteiger charge is 2.14. The minimum Gasteiger partial charge on any atom is -0.207 e. The number of rotatable bonds is 1. The van der Waals surface area contributed by atoms with Gasteiger partial charge in [0.05, 0.1) is 0 Å². The molecule has 1 rings (SSSR count). The van der Waals surface area contributed by atoms with Crippen LogP contribution in [0.4, 0.5) is 4.39 Å². The molecule has 0 atom stereocenters. The van der Waals surface area contributed by atoms with Crippen molar-refractivity contribution in [2.24, 2.45) is 5.41 Å². The summed E-state index contributed by atoms with van der Waals surface area (Å²) in [6.45, 7) is 6.23. The number of benzene rings is 1. The van der Waals surface area contributed by atoms with E-state index in [0.29, 0.717) is 17.0 Å². The van der Waals surface area contributed by atoms with Crippen molar-refractivity contribution in [3.63, 3.8) is 0 Å². The topological polar surface area (TPSA) is 0 Å². The minimum absolute atomic E-state index is 0.0888. The summed E-state index contributed by atoms with van der Waals surface area (Å²) in [4.78, 5) is 0.